The van der Waals surface area contributed by atoms with Crippen molar-refractivity contribution >= 4 is 0 Å². The summed E-state index contributed by atoms with van der Waals surface area (Å²) in [6.07, 6.45) is 5.07. The normalized spacial score (nSPS) is 9.67. The number of hydrogen-bond acceptors (Lipinski definition) is 2. The summed E-state index contributed by atoms with van der Waals surface area (Å²) in [5, 5.41) is 0. The molecule has 0 atom stereocenters. The Balaban J connectivity index is 2.46. The van der Waals surface area contributed by atoms with Gasteiger partial charge in [-0.15, -0.1) is 0 Å². The van der Waals surface area contributed by atoms with Crippen LogP contribution in [0.2, 0.25) is 0 Å². The third-order valence-corrected chi connectivity index (χ3v) is 1.58. The molecule has 0 aliphatic rings. The predicted molar refractivity (Wildman–Crippen MR) is 46.3 cm³/mol. The molecule has 12 heavy (non-hydrogen) atoms. The van der Waals surface area contributed by atoms with E-state index in [4.69, 9.17) is 0 Å². The van der Waals surface area contributed by atoms with Crippen LogP contribution in [0.4, 0.5) is 0 Å². The van der Waals surface area contributed by atoms with E-state index in [0.717, 1.165) is 11.1 Å². The third-order valence-electron chi connectivity index (χ3n) is 1.58. The van der Waals surface area contributed by atoms with E-state index in [0.29, 0.717) is 0 Å². The van der Waals surface area contributed by atoms with Gasteiger partial charge in [0.05, 0.1) is 0 Å². The number of nitrogens with zero attached hydrogens (tertiary/aromatic N) is 2. The van der Waals surface area contributed by atoms with E-state index in [1.807, 2.05) is 24.3 Å². The molecule has 0 amide bonds. The second kappa shape index (κ2) is 3.13. The zero-order valence-electron chi connectivity index (χ0n) is 6.44. The van der Waals surface area contributed by atoms with E-state index in [1.54, 1.807) is 12.4 Å². The van der Waals surface area contributed by atoms with E-state index in [9.17, 15) is 0 Å². The molecule has 1 radical (unpaired) electrons. The van der Waals surface area contributed by atoms with E-state index in [1.165, 1.54) is 6.33 Å². The second-order valence-electron chi connectivity index (χ2n) is 2.40. The first-order chi connectivity index (χ1) is 5.97. The SMILES string of the molecule is [c]1ccccc1-c1cncnc1. The molecule has 0 N–H and O–H groups in total. The van der Waals surface area contributed by atoms with Gasteiger partial charge in [-0.2, -0.15) is 0 Å². The van der Waals surface area contributed by atoms with E-state index in [-0.39, 0.29) is 0 Å². The molecule has 57 valence electrons. The maximum atomic E-state index is 3.93. The first-order valence-electron chi connectivity index (χ1n) is 3.69. The Morgan fingerprint density at radius 3 is 2.58 bits per heavy atom. The standard InChI is InChI=1S/C10H7N2/c1-2-4-9(5-3-1)10-6-11-8-12-7-10/h1-4,6-8H. The summed E-state index contributed by atoms with van der Waals surface area (Å²) in [5.41, 5.74) is 2.02. The van der Waals surface area contributed by atoms with Gasteiger partial charge in [0.2, 0.25) is 0 Å². The molecule has 2 heteroatoms. The average Bonchev–Trinajstić information content (AvgIpc) is 2.21. The highest BCUT2D eigenvalue weighted by atomic mass is 14.8. The molecule has 0 spiro atoms. The minimum Gasteiger partial charge on any atom is -0.244 e. The summed E-state index contributed by atoms with van der Waals surface area (Å²) in [5.74, 6) is 0. The van der Waals surface area contributed by atoms with Crippen LogP contribution in [0.5, 0.6) is 0 Å². The quantitative estimate of drug-likeness (QED) is 0.629. The third kappa shape index (κ3) is 1.32. The van der Waals surface area contributed by atoms with Crippen molar-refractivity contribution in [1.29, 1.82) is 0 Å². The molecule has 0 aliphatic heterocycles. The molecule has 0 bridgehead atoms. The molecule has 0 fully saturated rings. The van der Waals surface area contributed by atoms with E-state index in [2.05, 4.69) is 16.0 Å². The van der Waals surface area contributed by atoms with Crippen LogP contribution in [-0.4, -0.2) is 9.97 Å². The summed E-state index contributed by atoms with van der Waals surface area (Å²) in [4.78, 5) is 7.86. The number of rotatable bonds is 1. The van der Waals surface area contributed by atoms with Gasteiger partial charge in [-0.1, -0.05) is 24.3 Å². The van der Waals surface area contributed by atoms with Crippen molar-refractivity contribution in [3.63, 3.8) is 0 Å². The fraction of sp³-hybridized carbons (Fsp3) is 0. The lowest BCUT2D eigenvalue weighted by Gasteiger charge is -1.96. The van der Waals surface area contributed by atoms with Crippen LogP contribution in [-0.2, 0) is 0 Å². The first-order valence-corrected chi connectivity index (χ1v) is 3.69. The number of benzene rings is 1. The molecule has 0 saturated carbocycles. The number of aromatic nitrogens is 2. The van der Waals surface area contributed by atoms with Crippen molar-refractivity contribution in [2.75, 3.05) is 0 Å². The molecule has 1 heterocycles. The monoisotopic (exact) mass is 155 g/mol. The van der Waals surface area contributed by atoms with Crippen molar-refractivity contribution in [2.24, 2.45) is 0 Å². The van der Waals surface area contributed by atoms with Crippen molar-refractivity contribution in [3.05, 3.63) is 49.1 Å². The zero-order valence-corrected chi connectivity index (χ0v) is 6.44. The van der Waals surface area contributed by atoms with Gasteiger partial charge >= 0.3 is 0 Å². The lowest BCUT2D eigenvalue weighted by Crippen LogP contribution is -1.80. The van der Waals surface area contributed by atoms with Crippen LogP contribution < -0.4 is 0 Å². The van der Waals surface area contributed by atoms with Crippen molar-refractivity contribution in [1.82, 2.24) is 9.97 Å². The first kappa shape index (κ1) is 6.98. The van der Waals surface area contributed by atoms with Crippen LogP contribution >= 0.6 is 0 Å². The fourth-order valence-corrected chi connectivity index (χ4v) is 1.01. The maximum absolute atomic E-state index is 3.93. The topological polar surface area (TPSA) is 25.8 Å². The van der Waals surface area contributed by atoms with Crippen LogP contribution in [0.1, 0.15) is 0 Å². The van der Waals surface area contributed by atoms with E-state index >= 15 is 0 Å². The fourth-order valence-electron chi connectivity index (χ4n) is 1.01. The molecular weight excluding hydrogens is 148 g/mol. The van der Waals surface area contributed by atoms with Gasteiger partial charge in [0, 0.05) is 18.0 Å². The summed E-state index contributed by atoms with van der Waals surface area (Å²) in [6.45, 7) is 0. The Labute approximate surface area is 70.9 Å². The van der Waals surface area contributed by atoms with Crippen molar-refractivity contribution in [2.45, 2.75) is 0 Å². The van der Waals surface area contributed by atoms with Crippen LogP contribution in [0, 0.1) is 6.07 Å². The Kier molecular flexibility index (Phi) is 1.82. The molecule has 0 saturated heterocycles. The van der Waals surface area contributed by atoms with Gasteiger partial charge in [0.1, 0.15) is 6.33 Å². The highest BCUT2D eigenvalue weighted by Gasteiger charge is 1.94. The summed E-state index contributed by atoms with van der Waals surface area (Å²) in [6, 6.07) is 10.9. The second-order valence-corrected chi connectivity index (χ2v) is 2.40. The summed E-state index contributed by atoms with van der Waals surface area (Å²) < 4.78 is 0. The van der Waals surface area contributed by atoms with Gasteiger partial charge in [0.15, 0.2) is 0 Å². The van der Waals surface area contributed by atoms with Crippen molar-refractivity contribution in [3.8, 4) is 11.1 Å². The molecule has 1 aromatic heterocycles. The minimum absolute atomic E-state index is 0.998. The molecule has 2 rings (SSSR count). The molecular formula is C10H7N2. The summed E-state index contributed by atoms with van der Waals surface area (Å²) >= 11 is 0. The maximum Gasteiger partial charge on any atom is 0.115 e. The molecule has 0 aliphatic carbocycles. The molecule has 2 aromatic rings. The highest BCUT2D eigenvalue weighted by molar-refractivity contribution is 5.59. The summed E-state index contributed by atoms with van der Waals surface area (Å²) in [7, 11) is 0. The Morgan fingerprint density at radius 2 is 1.92 bits per heavy atom. The van der Waals surface area contributed by atoms with Crippen LogP contribution in [0.3, 0.4) is 0 Å². The predicted octanol–water partition coefficient (Wildman–Crippen LogP) is 1.94. The highest BCUT2D eigenvalue weighted by Crippen LogP contribution is 2.14. The zero-order chi connectivity index (χ0) is 8.23. The number of hydrogen-bond donors (Lipinski definition) is 0. The largest absolute Gasteiger partial charge is 0.244 e. The lowest BCUT2D eigenvalue weighted by atomic mass is 10.1. The van der Waals surface area contributed by atoms with Crippen molar-refractivity contribution < 1.29 is 0 Å². The Morgan fingerprint density at radius 1 is 1.08 bits per heavy atom. The van der Waals surface area contributed by atoms with Crippen LogP contribution in [0.25, 0.3) is 11.1 Å². The van der Waals surface area contributed by atoms with Gasteiger partial charge in [-0.25, -0.2) is 9.97 Å². The lowest BCUT2D eigenvalue weighted by molar-refractivity contribution is 1.17. The van der Waals surface area contributed by atoms with Gasteiger partial charge < -0.3 is 0 Å². The van der Waals surface area contributed by atoms with Gasteiger partial charge in [-0.3, -0.25) is 0 Å². The van der Waals surface area contributed by atoms with Gasteiger partial charge in [0.25, 0.3) is 0 Å². The molecule has 0 unspecified atom stereocenters. The van der Waals surface area contributed by atoms with Crippen LogP contribution in [0.15, 0.2) is 43.0 Å². The Bertz CT molecular complexity index is 305. The van der Waals surface area contributed by atoms with E-state index < -0.39 is 0 Å². The van der Waals surface area contributed by atoms with Gasteiger partial charge in [-0.05, 0) is 11.6 Å². The smallest absolute Gasteiger partial charge is 0.115 e. The minimum atomic E-state index is 0.998. The average molecular weight is 155 g/mol. The molecule has 1 aromatic carbocycles. The Hall–Kier alpha value is -1.70. The molecule has 2 nitrogen and oxygen atoms in total.